The average molecular weight is 226 g/mol. The summed E-state index contributed by atoms with van der Waals surface area (Å²) < 4.78 is 0. The van der Waals surface area contributed by atoms with Crippen LogP contribution >= 0.6 is 11.6 Å². The SMILES string of the molecule is OCC1CNCC(c2ccc(Cl)cc2)C1. The van der Waals surface area contributed by atoms with E-state index < -0.39 is 0 Å². The number of piperidine rings is 1. The van der Waals surface area contributed by atoms with Crippen molar-refractivity contribution in [2.45, 2.75) is 12.3 Å². The number of nitrogens with one attached hydrogen (secondary N) is 1. The number of hydrogen-bond acceptors (Lipinski definition) is 2. The maximum Gasteiger partial charge on any atom is 0.0471 e. The quantitative estimate of drug-likeness (QED) is 0.807. The predicted molar refractivity (Wildman–Crippen MR) is 62.3 cm³/mol. The van der Waals surface area contributed by atoms with Gasteiger partial charge in [0, 0.05) is 24.7 Å². The lowest BCUT2D eigenvalue weighted by Crippen LogP contribution is -2.36. The summed E-state index contributed by atoms with van der Waals surface area (Å²) in [6.07, 6.45) is 1.06. The molecule has 0 aromatic heterocycles. The summed E-state index contributed by atoms with van der Waals surface area (Å²) in [4.78, 5) is 0. The van der Waals surface area contributed by atoms with Crippen molar-refractivity contribution in [3.05, 3.63) is 34.9 Å². The highest BCUT2D eigenvalue weighted by molar-refractivity contribution is 6.30. The van der Waals surface area contributed by atoms with Gasteiger partial charge in [-0.05, 0) is 36.0 Å². The molecule has 0 amide bonds. The molecule has 0 bridgehead atoms. The maximum atomic E-state index is 9.14. The zero-order chi connectivity index (χ0) is 10.7. The summed E-state index contributed by atoms with van der Waals surface area (Å²) in [6.45, 7) is 2.20. The van der Waals surface area contributed by atoms with Gasteiger partial charge in [-0.25, -0.2) is 0 Å². The van der Waals surface area contributed by atoms with Gasteiger partial charge in [0.1, 0.15) is 0 Å². The molecule has 1 heterocycles. The van der Waals surface area contributed by atoms with Crippen LogP contribution in [0.15, 0.2) is 24.3 Å². The maximum absolute atomic E-state index is 9.14. The molecule has 3 heteroatoms. The molecule has 15 heavy (non-hydrogen) atoms. The fourth-order valence-electron chi connectivity index (χ4n) is 2.16. The van der Waals surface area contributed by atoms with Crippen LogP contribution < -0.4 is 5.32 Å². The molecule has 2 nitrogen and oxygen atoms in total. The van der Waals surface area contributed by atoms with Crippen LogP contribution in [0.4, 0.5) is 0 Å². The molecular formula is C12H16ClNO. The van der Waals surface area contributed by atoms with Crippen LogP contribution in [-0.2, 0) is 0 Å². The van der Waals surface area contributed by atoms with Gasteiger partial charge in [-0.2, -0.15) is 0 Å². The second-order valence-electron chi connectivity index (χ2n) is 4.19. The lowest BCUT2D eigenvalue weighted by atomic mass is 9.86. The summed E-state index contributed by atoms with van der Waals surface area (Å²) in [6, 6.07) is 8.02. The molecule has 2 rings (SSSR count). The topological polar surface area (TPSA) is 32.3 Å². The third-order valence-corrected chi connectivity index (χ3v) is 3.29. The predicted octanol–water partition coefficient (Wildman–Crippen LogP) is 2.03. The second-order valence-corrected chi connectivity index (χ2v) is 4.63. The number of benzene rings is 1. The van der Waals surface area contributed by atoms with Crippen molar-refractivity contribution in [3.8, 4) is 0 Å². The average Bonchev–Trinajstić information content (AvgIpc) is 2.30. The van der Waals surface area contributed by atoms with Crippen molar-refractivity contribution in [2.24, 2.45) is 5.92 Å². The zero-order valence-corrected chi connectivity index (χ0v) is 9.37. The highest BCUT2D eigenvalue weighted by Gasteiger charge is 2.21. The van der Waals surface area contributed by atoms with Crippen LogP contribution in [0.25, 0.3) is 0 Å². The van der Waals surface area contributed by atoms with Gasteiger partial charge >= 0.3 is 0 Å². The Morgan fingerprint density at radius 3 is 2.67 bits per heavy atom. The molecule has 2 unspecified atom stereocenters. The standard InChI is InChI=1S/C12H16ClNO/c13-12-3-1-10(2-4-12)11-5-9(8-15)6-14-7-11/h1-4,9,11,14-15H,5-8H2. The van der Waals surface area contributed by atoms with Gasteiger partial charge in [0.15, 0.2) is 0 Å². The van der Waals surface area contributed by atoms with E-state index in [0.29, 0.717) is 11.8 Å². The molecule has 1 aromatic carbocycles. The molecule has 0 radical (unpaired) electrons. The Hall–Kier alpha value is -0.570. The van der Waals surface area contributed by atoms with Gasteiger partial charge in [-0.15, -0.1) is 0 Å². The van der Waals surface area contributed by atoms with Crippen LogP contribution in [0.3, 0.4) is 0 Å². The summed E-state index contributed by atoms with van der Waals surface area (Å²) in [5.41, 5.74) is 1.31. The fraction of sp³-hybridized carbons (Fsp3) is 0.500. The Morgan fingerprint density at radius 1 is 1.27 bits per heavy atom. The van der Waals surface area contributed by atoms with Gasteiger partial charge in [0.2, 0.25) is 0 Å². The Labute approximate surface area is 95.3 Å². The van der Waals surface area contributed by atoms with Crippen LogP contribution in [0.5, 0.6) is 0 Å². The molecule has 1 aliphatic rings. The Bertz CT molecular complexity index is 312. The molecule has 0 saturated carbocycles. The van der Waals surface area contributed by atoms with Crippen molar-refractivity contribution in [1.82, 2.24) is 5.32 Å². The smallest absolute Gasteiger partial charge is 0.0471 e. The van der Waals surface area contributed by atoms with E-state index in [1.165, 1.54) is 5.56 Å². The first kappa shape index (κ1) is 10.9. The Kier molecular flexibility index (Phi) is 3.62. The van der Waals surface area contributed by atoms with Crippen LogP contribution in [-0.4, -0.2) is 24.8 Å². The largest absolute Gasteiger partial charge is 0.396 e. The van der Waals surface area contributed by atoms with Crippen molar-refractivity contribution >= 4 is 11.6 Å². The monoisotopic (exact) mass is 225 g/mol. The molecule has 82 valence electrons. The molecular weight excluding hydrogens is 210 g/mol. The molecule has 0 spiro atoms. The first-order chi connectivity index (χ1) is 7.29. The summed E-state index contributed by atoms with van der Waals surface area (Å²) in [5.74, 6) is 0.896. The first-order valence-corrected chi connectivity index (χ1v) is 5.74. The van der Waals surface area contributed by atoms with Crippen LogP contribution in [0.2, 0.25) is 5.02 Å². The van der Waals surface area contributed by atoms with E-state index in [-0.39, 0.29) is 6.61 Å². The molecule has 0 aliphatic carbocycles. The van der Waals surface area contributed by atoms with Gasteiger partial charge in [0.05, 0.1) is 0 Å². The Morgan fingerprint density at radius 2 is 2.00 bits per heavy atom. The molecule has 2 N–H and O–H groups in total. The number of aliphatic hydroxyl groups excluding tert-OH is 1. The minimum Gasteiger partial charge on any atom is -0.396 e. The minimum atomic E-state index is 0.275. The van der Waals surface area contributed by atoms with E-state index in [1.807, 2.05) is 12.1 Å². The van der Waals surface area contributed by atoms with Crippen molar-refractivity contribution in [1.29, 1.82) is 0 Å². The van der Waals surface area contributed by atoms with Crippen LogP contribution in [0, 0.1) is 5.92 Å². The fourth-order valence-corrected chi connectivity index (χ4v) is 2.28. The van der Waals surface area contributed by atoms with Crippen LogP contribution in [0.1, 0.15) is 17.9 Å². The third-order valence-electron chi connectivity index (χ3n) is 3.04. The van der Waals surface area contributed by atoms with Gasteiger partial charge in [-0.1, -0.05) is 23.7 Å². The number of halogens is 1. The molecule has 1 aromatic rings. The molecule has 1 aliphatic heterocycles. The number of aliphatic hydroxyl groups is 1. The van der Waals surface area contributed by atoms with Crippen molar-refractivity contribution in [3.63, 3.8) is 0 Å². The van der Waals surface area contributed by atoms with Gasteiger partial charge < -0.3 is 10.4 Å². The van der Waals surface area contributed by atoms with E-state index in [2.05, 4.69) is 17.4 Å². The summed E-state index contributed by atoms with van der Waals surface area (Å²) >= 11 is 5.85. The summed E-state index contributed by atoms with van der Waals surface area (Å²) in [7, 11) is 0. The highest BCUT2D eigenvalue weighted by atomic mass is 35.5. The lowest BCUT2D eigenvalue weighted by Gasteiger charge is -2.29. The van der Waals surface area contributed by atoms with E-state index in [0.717, 1.165) is 24.5 Å². The number of hydrogen-bond donors (Lipinski definition) is 2. The first-order valence-electron chi connectivity index (χ1n) is 5.36. The third kappa shape index (κ3) is 2.71. The normalized spacial score (nSPS) is 26.5. The lowest BCUT2D eigenvalue weighted by molar-refractivity contribution is 0.190. The minimum absolute atomic E-state index is 0.275. The summed E-state index contributed by atoms with van der Waals surface area (Å²) in [5, 5.41) is 13.3. The van der Waals surface area contributed by atoms with E-state index in [1.54, 1.807) is 0 Å². The van der Waals surface area contributed by atoms with Gasteiger partial charge in [0.25, 0.3) is 0 Å². The van der Waals surface area contributed by atoms with E-state index in [9.17, 15) is 0 Å². The van der Waals surface area contributed by atoms with Crippen molar-refractivity contribution in [2.75, 3.05) is 19.7 Å². The molecule has 1 fully saturated rings. The Balaban J connectivity index is 2.06. The number of rotatable bonds is 2. The zero-order valence-electron chi connectivity index (χ0n) is 8.62. The van der Waals surface area contributed by atoms with E-state index in [4.69, 9.17) is 16.7 Å². The molecule has 1 saturated heterocycles. The molecule has 2 atom stereocenters. The highest BCUT2D eigenvalue weighted by Crippen LogP contribution is 2.27. The van der Waals surface area contributed by atoms with Gasteiger partial charge in [-0.3, -0.25) is 0 Å². The van der Waals surface area contributed by atoms with Crippen molar-refractivity contribution < 1.29 is 5.11 Å². The van der Waals surface area contributed by atoms with E-state index >= 15 is 0 Å². The second kappa shape index (κ2) is 4.97.